The average molecular weight is 429 g/mol. The van der Waals surface area contributed by atoms with Gasteiger partial charge in [0.25, 0.3) is 0 Å². The molecule has 3 nitrogen and oxygen atoms in total. The van der Waals surface area contributed by atoms with E-state index in [-0.39, 0.29) is 11.6 Å². The molecule has 1 unspecified atom stereocenters. The quantitative estimate of drug-likeness (QED) is 0.591. The van der Waals surface area contributed by atoms with Crippen LogP contribution >= 0.6 is 0 Å². The molecule has 0 N–H and O–H groups in total. The Hall–Kier alpha value is -2.82. The van der Waals surface area contributed by atoms with Gasteiger partial charge in [0.2, 0.25) is 0 Å². The van der Waals surface area contributed by atoms with Gasteiger partial charge in [0, 0.05) is 50.3 Å². The molecule has 1 saturated heterocycles. The van der Waals surface area contributed by atoms with Crippen molar-refractivity contribution in [2.45, 2.75) is 32.4 Å². The Balaban J connectivity index is 1.45. The minimum Gasteiger partial charge on any atom is -0.297 e. The van der Waals surface area contributed by atoms with Gasteiger partial charge in [-0.15, -0.1) is 0 Å². The summed E-state index contributed by atoms with van der Waals surface area (Å²) in [7, 11) is 0. The van der Waals surface area contributed by atoms with E-state index in [2.05, 4.69) is 47.1 Å². The van der Waals surface area contributed by atoms with Gasteiger partial charge in [-0.25, -0.2) is 4.39 Å². The number of carbonyl (C=O) groups excluding carboxylic acids is 1. The van der Waals surface area contributed by atoms with Crippen molar-refractivity contribution in [2.24, 2.45) is 0 Å². The number of rotatable bonds is 4. The number of benzene rings is 3. The molecule has 1 aliphatic heterocycles. The van der Waals surface area contributed by atoms with Crippen LogP contribution < -0.4 is 0 Å². The Labute approximate surface area is 189 Å². The molecule has 0 radical (unpaired) electrons. The van der Waals surface area contributed by atoms with Gasteiger partial charge >= 0.3 is 0 Å². The summed E-state index contributed by atoms with van der Waals surface area (Å²) in [4.78, 5) is 18.6. The normalized spacial score (nSPS) is 21.7. The van der Waals surface area contributed by atoms with Crippen molar-refractivity contribution in [3.63, 3.8) is 0 Å². The summed E-state index contributed by atoms with van der Waals surface area (Å²) < 4.78 is 14.7. The smallest absolute Gasteiger partial charge is 0.188 e. The van der Waals surface area contributed by atoms with E-state index in [4.69, 9.17) is 0 Å². The second-order valence-corrected chi connectivity index (χ2v) is 9.19. The van der Waals surface area contributed by atoms with Gasteiger partial charge in [0.15, 0.2) is 5.78 Å². The minimum atomic E-state index is -0.828. The minimum absolute atomic E-state index is 0.0324. The highest BCUT2D eigenvalue weighted by molar-refractivity contribution is 6.08. The van der Waals surface area contributed by atoms with Crippen molar-refractivity contribution < 1.29 is 9.18 Å². The van der Waals surface area contributed by atoms with Crippen molar-refractivity contribution >= 4 is 5.78 Å². The van der Waals surface area contributed by atoms with Crippen LogP contribution in [0.3, 0.4) is 0 Å². The highest BCUT2D eigenvalue weighted by Gasteiger charge is 2.52. The summed E-state index contributed by atoms with van der Waals surface area (Å²) in [6.45, 7) is 8.44. The predicted octanol–water partition coefficient (Wildman–Crippen LogP) is 4.89. The maximum Gasteiger partial charge on any atom is 0.188 e. The second kappa shape index (κ2) is 8.27. The average Bonchev–Trinajstić information content (AvgIpc) is 3.11. The summed E-state index contributed by atoms with van der Waals surface area (Å²) in [5, 5.41) is 0. The number of halogens is 1. The molecule has 1 atom stereocenters. The Morgan fingerprint density at radius 1 is 0.906 bits per heavy atom. The Morgan fingerprint density at radius 2 is 1.66 bits per heavy atom. The van der Waals surface area contributed by atoms with Gasteiger partial charge in [-0.05, 0) is 36.6 Å². The standard InChI is InChI=1S/C28H29FN2O/c1-20-7-5-10-23(17-20)28(18-25-24(27(28)32)11-6-12-26(25)29)31-15-13-30(14-16-31)19-22-9-4-3-8-21(22)2/h3-12,17H,13-16,18-19H2,1-2H3. The number of nitrogens with zero attached hydrogens (tertiary/aromatic N) is 2. The molecule has 1 aliphatic carbocycles. The molecule has 0 bridgehead atoms. The molecule has 3 aromatic rings. The maximum atomic E-state index is 14.7. The lowest BCUT2D eigenvalue weighted by Gasteiger charge is -2.45. The monoisotopic (exact) mass is 428 g/mol. The Kier molecular flexibility index (Phi) is 5.44. The van der Waals surface area contributed by atoms with E-state index < -0.39 is 5.54 Å². The molecule has 32 heavy (non-hydrogen) atoms. The molecule has 0 amide bonds. The second-order valence-electron chi connectivity index (χ2n) is 9.19. The zero-order valence-corrected chi connectivity index (χ0v) is 18.8. The van der Waals surface area contributed by atoms with E-state index in [1.54, 1.807) is 12.1 Å². The van der Waals surface area contributed by atoms with Crippen LogP contribution in [0, 0.1) is 19.7 Å². The molecule has 0 spiro atoms. The van der Waals surface area contributed by atoms with Crippen LogP contribution in [0.15, 0.2) is 66.7 Å². The van der Waals surface area contributed by atoms with Gasteiger partial charge in [-0.1, -0.05) is 66.2 Å². The molecule has 164 valence electrons. The van der Waals surface area contributed by atoms with Crippen LogP contribution in [-0.2, 0) is 18.5 Å². The topological polar surface area (TPSA) is 23.6 Å². The fraction of sp³-hybridized carbons (Fsp3) is 0.321. The first-order chi connectivity index (χ1) is 15.5. The molecular formula is C28H29FN2O. The van der Waals surface area contributed by atoms with E-state index in [9.17, 15) is 9.18 Å². The lowest BCUT2D eigenvalue weighted by molar-refractivity contribution is 0.0286. The van der Waals surface area contributed by atoms with E-state index in [0.29, 0.717) is 17.5 Å². The lowest BCUT2D eigenvalue weighted by atomic mass is 9.82. The van der Waals surface area contributed by atoms with Crippen LogP contribution in [0.4, 0.5) is 4.39 Å². The predicted molar refractivity (Wildman–Crippen MR) is 125 cm³/mol. The fourth-order valence-corrected chi connectivity index (χ4v) is 5.40. The zero-order valence-electron chi connectivity index (χ0n) is 18.8. The zero-order chi connectivity index (χ0) is 22.3. The van der Waals surface area contributed by atoms with Crippen molar-refractivity contribution in [1.82, 2.24) is 9.80 Å². The Bertz CT molecular complexity index is 1170. The Morgan fingerprint density at radius 3 is 2.38 bits per heavy atom. The van der Waals surface area contributed by atoms with E-state index in [1.165, 1.54) is 17.2 Å². The van der Waals surface area contributed by atoms with E-state index in [0.717, 1.165) is 43.9 Å². The number of fused-ring (bicyclic) bond motifs is 1. The van der Waals surface area contributed by atoms with Crippen LogP contribution in [-0.4, -0.2) is 41.8 Å². The molecule has 4 heteroatoms. The summed E-state index contributed by atoms with van der Waals surface area (Å²) >= 11 is 0. The molecule has 0 aromatic heterocycles. The summed E-state index contributed by atoms with van der Waals surface area (Å²) in [6, 6.07) is 21.6. The number of carbonyl (C=O) groups is 1. The summed E-state index contributed by atoms with van der Waals surface area (Å²) in [6.07, 6.45) is 0.398. The van der Waals surface area contributed by atoms with E-state index >= 15 is 0 Å². The summed E-state index contributed by atoms with van der Waals surface area (Å²) in [5.74, 6) is -0.242. The van der Waals surface area contributed by atoms with Gasteiger partial charge in [-0.2, -0.15) is 0 Å². The van der Waals surface area contributed by atoms with Crippen LogP contribution in [0.1, 0.15) is 38.2 Å². The number of aryl methyl sites for hydroxylation is 2. The molecule has 1 heterocycles. The molecule has 5 rings (SSSR count). The fourth-order valence-electron chi connectivity index (χ4n) is 5.40. The summed E-state index contributed by atoms with van der Waals surface area (Å²) in [5.41, 5.74) is 5.01. The maximum absolute atomic E-state index is 14.7. The number of hydrogen-bond donors (Lipinski definition) is 0. The van der Waals surface area contributed by atoms with Gasteiger partial charge in [-0.3, -0.25) is 14.6 Å². The SMILES string of the molecule is Cc1cccc(C2(N3CCN(Cc4ccccc4C)CC3)Cc3c(F)cccc3C2=O)c1. The van der Waals surface area contributed by atoms with E-state index in [1.807, 2.05) is 25.1 Å². The van der Waals surface area contributed by atoms with Crippen LogP contribution in [0.25, 0.3) is 0 Å². The number of ketones is 1. The number of piperazine rings is 1. The first-order valence-corrected chi connectivity index (χ1v) is 11.4. The molecular weight excluding hydrogens is 399 g/mol. The van der Waals surface area contributed by atoms with Gasteiger partial charge < -0.3 is 0 Å². The third-order valence-electron chi connectivity index (χ3n) is 7.23. The largest absolute Gasteiger partial charge is 0.297 e. The van der Waals surface area contributed by atoms with Crippen molar-refractivity contribution in [3.05, 3.63) is 106 Å². The van der Waals surface area contributed by atoms with Crippen molar-refractivity contribution in [3.8, 4) is 0 Å². The third-order valence-corrected chi connectivity index (χ3v) is 7.23. The molecule has 0 saturated carbocycles. The third kappa shape index (κ3) is 3.48. The van der Waals surface area contributed by atoms with Crippen molar-refractivity contribution in [2.75, 3.05) is 26.2 Å². The van der Waals surface area contributed by atoms with Gasteiger partial charge in [0.05, 0.1) is 0 Å². The molecule has 1 fully saturated rings. The molecule has 3 aromatic carbocycles. The number of hydrogen-bond acceptors (Lipinski definition) is 3. The first-order valence-electron chi connectivity index (χ1n) is 11.4. The van der Waals surface area contributed by atoms with Crippen molar-refractivity contribution in [1.29, 1.82) is 0 Å². The highest BCUT2D eigenvalue weighted by atomic mass is 19.1. The van der Waals surface area contributed by atoms with Crippen LogP contribution in [0.5, 0.6) is 0 Å². The van der Waals surface area contributed by atoms with Gasteiger partial charge in [0.1, 0.15) is 11.4 Å². The molecule has 2 aliphatic rings. The number of Topliss-reactive ketones (excluding diaryl/α,β-unsaturated/α-hetero) is 1. The first kappa shape index (κ1) is 21.0. The van der Waals surface area contributed by atoms with Crippen LogP contribution in [0.2, 0.25) is 0 Å². The lowest BCUT2D eigenvalue weighted by Crippen LogP contribution is -2.58. The highest BCUT2D eigenvalue weighted by Crippen LogP contribution is 2.44.